The standard InChI is InChI=1S/C14H11Cl2N3O3/c15-9-3-7(19-17)4-10(16)14(9)22-8-1-2-11-12(5-8)21-6-13(20)18-11/h1-5,19H,6,17H2,(H,18,20). The minimum Gasteiger partial charge on any atom is -0.481 e. The van der Waals surface area contributed by atoms with E-state index >= 15 is 0 Å². The lowest BCUT2D eigenvalue weighted by Crippen LogP contribution is -2.25. The lowest BCUT2D eigenvalue weighted by molar-refractivity contribution is -0.118. The highest BCUT2D eigenvalue weighted by Gasteiger charge is 2.17. The molecule has 0 saturated heterocycles. The van der Waals surface area contributed by atoms with E-state index in [2.05, 4.69) is 10.7 Å². The number of hydrogen-bond donors (Lipinski definition) is 3. The molecule has 1 aliphatic rings. The van der Waals surface area contributed by atoms with Gasteiger partial charge in [0.2, 0.25) is 0 Å². The first-order valence-electron chi connectivity index (χ1n) is 6.27. The first kappa shape index (κ1) is 14.8. The summed E-state index contributed by atoms with van der Waals surface area (Å²) < 4.78 is 11.0. The average molecular weight is 340 g/mol. The zero-order chi connectivity index (χ0) is 15.7. The molecule has 1 amide bonds. The molecule has 0 aliphatic carbocycles. The topological polar surface area (TPSA) is 85.6 Å². The molecule has 8 heteroatoms. The average Bonchev–Trinajstić information content (AvgIpc) is 2.50. The van der Waals surface area contributed by atoms with Gasteiger partial charge in [-0.15, -0.1) is 0 Å². The molecule has 1 aliphatic heterocycles. The van der Waals surface area contributed by atoms with Crippen molar-refractivity contribution in [2.75, 3.05) is 17.3 Å². The molecule has 0 bridgehead atoms. The van der Waals surface area contributed by atoms with Crippen molar-refractivity contribution in [2.45, 2.75) is 0 Å². The Labute approximate surface area is 136 Å². The normalized spacial score (nSPS) is 13.0. The van der Waals surface area contributed by atoms with E-state index in [0.717, 1.165) is 0 Å². The van der Waals surface area contributed by atoms with Crippen molar-refractivity contribution in [3.05, 3.63) is 40.4 Å². The van der Waals surface area contributed by atoms with E-state index in [1.54, 1.807) is 30.3 Å². The number of rotatable bonds is 3. The van der Waals surface area contributed by atoms with Gasteiger partial charge in [0.15, 0.2) is 12.4 Å². The first-order chi connectivity index (χ1) is 10.6. The summed E-state index contributed by atoms with van der Waals surface area (Å²) in [6, 6.07) is 8.20. The van der Waals surface area contributed by atoms with Gasteiger partial charge in [0.25, 0.3) is 5.91 Å². The third-order valence-corrected chi connectivity index (χ3v) is 3.53. The fourth-order valence-corrected chi connectivity index (χ4v) is 2.54. The summed E-state index contributed by atoms with van der Waals surface area (Å²) in [5.74, 6) is 6.43. The number of hydrogen-bond acceptors (Lipinski definition) is 5. The smallest absolute Gasteiger partial charge is 0.262 e. The van der Waals surface area contributed by atoms with Crippen LogP contribution in [0.1, 0.15) is 0 Å². The van der Waals surface area contributed by atoms with E-state index in [-0.39, 0.29) is 12.5 Å². The van der Waals surface area contributed by atoms with Crippen molar-refractivity contribution in [1.82, 2.24) is 0 Å². The summed E-state index contributed by atoms with van der Waals surface area (Å²) in [7, 11) is 0. The van der Waals surface area contributed by atoms with Crippen molar-refractivity contribution in [2.24, 2.45) is 5.84 Å². The lowest BCUT2D eigenvalue weighted by atomic mass is 10.2. The Hall–Kier alpha value is -2.15. The zero-order valence-electron chi connectivity index (χ0n) is 11.2. The predicted octanol–water partition coefficient (Wildman–Crippen LogP) is 3.40. The minimum atomic E-state index is -0.197. The van der Waals surface area contributed by atoms with Crippen molar-refractivity contribution in [3.8, 4) is 17.2 Å². The van der Waals surface area contributed by atoms with Gasteiger partial charge in [-0.25, -0.2) is 0 Å². The van der Waals surface area contributed by atoms with Crippen LogP contribution in [0.4, 0.5) is 11.4 Å². The number of amides is 1. The molecule has 6 nitrogen and oxygen atoms in total. The van der Waals surface area contributed by atoms with Crippen molar-refractivity contribution >= 4 is 40.5 Å². The van der Waals surface area contributed by atoms with Crippen LogP contribution in [0, 0.1) is 0 Å². The third-order valence-electron chi connectivity index (χ3n) is 2.97. The van der Waals surface area contributed by atoms with Gasteiger partial charge in [-0.3, -0.25) is 10.6 Å². The largest absolute Gasteiger partial charge is 0.481 e. The number of nitrogens with two attached hydrogens (primary N) is 1. The summed E-state index contributed by atoms with van der Waals surface area (Å²) in [5.41, 5.74) is 3.62. The van der Waals surface area contributed by atoms with Crippen LogP contribution in [0.2, 0.25) is 10.0 Å². The molecule has 22 heavy (non-hydrogen) atoms. The molecule has 2 aromatic carbocycles. The molecule has 0 unspecified atom stereocenters. The molecule has 1 heterocycles. The van der Waals surface area contributed by atoms with Crippen molar-refractivity contribution in [3.63, 3.8) is 0 Å². The van der Waals surface area contributed by atoms with E-state index in [1.165, 1.54) is 0 Å². The van der Waals surface area contributed by atoms with Crippen LogP contribution in [0.15, 0.2) is 30.3 Å². The molecule has 4 N–H and O–H groups in total. The Kier molecular flexibility index (Phi) is 3.98. The zero-order valence-corrected chi connectivity index (χ0v) is 12.7. The van der Waals surface area contributed by atoms with Crippen LogP contribution in [0.5, 0.6) is 17.2 Å². The van der Waals surface area contributed by atoms with Gasteiger partial charge in [-0.1, -0.05) is 23.2 Å². The molecular formula is C14H11Cl2N3O3. The number of fused-ring (bicyclic) bond motifs is 1. The Morgan fingerprint density at radius 1 is 1.23 bits per heavy atom. The van der Waals surface area contributed by atoms with Gasteiger partial charge in [0.1, 0.15) is 11.5 Å². The number of benzene rings is 2. The minimum absolute atomic E-state index is 0.0329. The summed E-state index contributed by atoms with van der Waals surface area (Å²) in [6.07, 6.45) is 0. The maximum absolute atomic E-state index is 11.2. The third kappa shape index (κ3) is 2.89. The number of nitrogens with one attached hydrogen (secondary N) is 2. The highest BCUT2D eigenvalue weighted by molar-refractivity contribution is 6.37. The second-order valence-corrected chi connectivity index (χ2v) is 5.32. The highest BCUT2D eigenvalue weighted by Crippen LogP contribution is 2.40. The molecule has 3 rings (SSSR count). The fraction of sp³-hybridized carbons (Fsp3) is 0.0714. The van der Waals surface area contributed by atoms with E-state index < -0.39 is 0 Å². The summed E-state index contributed by atoms with van der Waals surface area (Å²) in [5, 5.41) is 3.32. The van der Waals surface area contributed by atoms with Gasteiger partial charge in [0, 0.05) is 6.07 Å². The van der Waals surface area contributed by atoms with Crippen LogP contribution >= 0.6 is 23.2 Å². The number of hydrazine groups is 1. The second kappa shape index (κ2) is 5.92. The molecule has 0 atom stereocenters. The summed E-state index contributed by atoms with van der Waals surface area (Å²) in [6.45, 7) is -0.0329. The van der Waals surface area contributed by atoms with E-state index in [1.807, 2.05) is 0 Å². The quantitative estimate of drug-likeness (QED) is 0.589. The Morgan fingerprint density at radius 2 is 1.95 bits per heavy atom. The predicted molar refractivity (Wildman–Crippen MR) is 84.9 cm³/mol. The maximum atomic E-state index is 11.2. The molecule has 114 valence electrons. The first-order valence-corrected chi connectivity index (χ1v) is 7.02. The highest BCUT2D eigenvalue weighted by atomic mass is 35.5. The Bertz CT molecular complexity index is 729. The van der Waals surface area contributed by atoms with Crippen molar-refractivity contribution < 1.29 is 14.3 Å². The number of halogens is 2. The summed E-state index contributed by atoms with van der Waals surface area (Å²) >= 11 is 12.3. The summed E-state index contributed by atoms with van der Waals surface area (Å²) in [4.78, 5) is 11.2. The Morgan fingerprint density at radius 3 is 2.64 bits per heavy atom. The van der Waals surface area contributed by atoms with Gasteiger partial charge in [-0.2, -0.15) is 0 Å². The number of nitrogen functional groups attached to an aromatic ring is 1. The van der Waals surface area contributed by atoms with Gasteiger partial charge >= 0.3 is 0 Å². The molecule has 0 spiro atoms. The number of ether oxygens (including phenoxy) is 2. The molecule has 0 saturated carbocycles. The van der Waals surface area contributed by atoms with Gasteiger partial charge in [0.05, 0.1) is 21.4 Å². The second-order valence-electron chi connectivity index (χ2n) is 4.51. The van der Waals surface area contributed by atoms with E-state index in [0.29, 0.717) is 38.7 Å². The monoisotopic (exact) mass is 339 g/mol. The molecule has 0 aromatic heterocycles. The molecule has 0 fully saturated rings. The Balaban J connectivity index is 1.89. The van der Waals surface area contributed by atoms with Crippen LogP contribution in [0.25, 0.3) is 0 Å². The maximum Gasteiger partial charge on any atom is 0.262 e. The fourth-order valence-electron chi connectivity index (χ4n) is 1.98. The van der Waals surface area contributed by atoms with Crippen LogP contribution in [0.3, 0.4) is 0 Å². The number of anilines is 2. The molecule has 2 aromatic rings. The van der Waals surface area contributed by atoms with E-state index in [4.69, 9.17) is 38.5 Å². The SMILES string of the molecule is NNc1cc(Cl)c(Oc2ccc3c(c2)OCC(=O)N3)c(Cl)c1. The van der Waals surface area contributed by atoms with E-state index in [9.17, 15) is 4.79 Å². The van der Waals surface area contributed by atoms with Gasteiger partial charge in [-0.05, 0) is 24.3 Å². The van der Waals surface area contributed by atoms with Crippen LogP contribution in [-0.2, 0) is 4.79 Å². The number of carbonyl (C=O) groups excluding carboxylic acids is 1. The van der Waals surface area contributed by atoms with Crippen LogP contribution < -0.4 is 26.1 Å². The molecular weight excluding hydrogens is 329 g/mol. The molecule has 0 radical (unpaired) electrons. The lowest BCUT2D eigenvalue weighted by Gasteiger charge is -2.19. The van der Waals surface area contributed by atoms with Crippen LogP contribution in [-0.4, -0.2) is 12.5 Å². The van der Waals surface area contributed by atoms with Crippen molar-refractivity contribution in [1.29, 1.82) is 0 Å². The van der Waals surface area contributed by atoms with Gasteiger partial charge < -0.3 is 20.2 Å². The number of carbonyl (C=O) groups is 1.